The van der Waals surface area contributed by atoms with Crippen LogP contribution in [-0.4, -0.2) is 23.3 Å². The quantitative estimate of drug-likeness (QED) is 0.907. The minimum atomic E-state index is -0.123. The van der Waals surface area contributed by atoms with E-state index in [9.17, 15) is 9.59 Å². The van der Waals surface area contributed by atoms with Crippen LogP contribution in [-0.2, 0) is 16.1 Å². The average molecular weight is 260 g/mol. The van der Waals surface area contributed by atoms with Crippen molar-refractivity contribution >= 4 is 17.5 Å². The number of rotatable bonds is 3. The summed E-state index contributed by atoms with van der Waals surface area (Å²) < 4.78 is 0. The van der Waals surface area contributed by atoms with Crippen molar-refractivity contribution < 1.29 is 9.59 Å². The smallest absolute Gasteiger partial charge is 0.244 e. The summed E-state index contributed by atoms with van der Waals surface area (Å²) in [6, 6.07) is 7.63. The molecule has 1 atom stereocenters. The van der Waals surface area contributed by atoms with E-state index in [0.717, 1.165) is 24.1 Å². The number of nitrogens with one attached hydrogen (secondary N) is 1. The highest BCUT2D eigenvalue weighted by atomic mass is 16.2. The predicted molar refractivity (Wildman–Crippen MR) is 74.6 cm³/mol. The first-order valence-corrected chi connectivity index (χ1v) is 6.78. The Balaban J connectivity index is 2.19. The van der Waals surface area contributed by atoms with Crippen molar-refractivity contribution in [2.75, 3.05) is 11.9 Å². The lowest BCUT2D eigenvalue weighted by molar-refractivity contribution is -0.138. The molecule has 2 amide bonds. The number of carbonyl (C=O) groups excluding carboxylic acids is 2. The normalized spacial score (nSPS) is 16.3. The van der Waals surface area contributed by atoms with E-state index in [0.29, 0.717) is 6.54 Å². The summed E-state index contributed by atoms with van der Waals surface area (Å²) in [4.78, 5) is 25.8. The molecule has 2 rings (SSSR count). The van der Waals surface area contributed by atoms with Crippen molar-refractivity contribution in [1.82, 2.24) is 4.90 Å². The van der Waals surface area contributed by atoms with Gasteiger partial charge in [-0.3, -0.25) is 9.59 Å². The molecule has 1 N–H and O–H groups in total. The van der Waals surface area contributed by atoms with Crippen LogP contribution < -0.4 is 5.32 Å². The zero-order valence-electron chi connectivity index (χ0n) is 11.5. The van der Waals surface area contributed by atoms with Gasteiger partial charge in [-0.25, -0.2) is 0 Å². The molecule has 0 aromatic heterocycles. The van der Waals surface area contributed by atoms with Gasteiger partial charge in [0.25, 0.3) is 0 Å². The van der Waals surface area contributed by atoms with Gasteiger partial charge in [-0.05, 0) is 18.1 Å². The number of benzene rings is 1. The molecule has 0 radical (unpaired) electrons. The maximum absolute atomic E-state index is 12.3. The molecule has 1 aliphatic heterocycles. The number of amides is 2. The SMILES string of the molecule is CCCC(C)C(=O)N1CC(=O)Nc2ccccc2C1. The molecule has 1 aliphatic rings. The van der Waals surface area contributed by atoms with Crippen LogP contribution in [0.15, 0.2) is 24.3 Å². The largest absolute Gasteiger partial charge is 0.329 e. The first-order valence-electron chi connectivity index (χ1n) is 6.78. The van der Waals surface area contributed by atoms with Gasteiger partial charge in [-0.2, -0.15) is 0 Å². The summed E-state index contributed by atoms with van der Waals surface area (Å²) in [5, 5.41) is 2.85. The molecule has 1 aromatic rings. The van der Waals surface area contributed by atoms with E-state index in [1.54, 1.807) is 4.90 Å². The van der Waals surface area contributed by atoms with Gasteiger partial charge in [0.1, 0.15) is 6.54 Å². The van der Waals surface area contributed by atoms with Crippen LogP contribution in [0.1, 0.15) is 32.3 Å². The number of carbonyl (C=O) groups is 2. The van der Waals surface area contributed by atoms with Crippen molar-refractivity contribution in [3.05, 3.63) is 29.8 Å². The Kier molecular flexibility index (Phi) is 4.20. The monoisotopic (exact) mass is 260 g/mol. The number of hydrogen-bond donors (Lipinski definition) is 1. The minimum Gasteiger partial charge on any atom is -0.329 e. The van der Waals surface area contributed by atoms with Gasteiger partial charge in [0.15, 0.2) is 0 Å². The van der Waals surface area contributed by atoms with Crippen LogP contribution in [0.5, 0.6) is 0 Å². The van der Waals surface area contributed by atoms with Gasteiger partial charge >= 0.3 is 0 Å². The molecule has 4 nitrogen and oxygen atoms in total. The van der Waals surface area contributed by atoms with Crippen LogP contribution in [0.25, 0.3) is 0 Å². The van der Waals surface area contributed by atoms with E-state index in [1.165, 1.54) is 0 Å². The van der Waals surface area contributed by atoms with Crippen LogP contribution in [0.2, 0.25) is 0 Å². The molecular weight excluding hydrogens is 240 g/mol. The van der Waals surface area contributed by atoms with Crippen LogP contribution in [0.3, 0.4) is 0 Å². The molecule has 0 aliphatic carbocycles. The number of anilines is 1. The number of hydrogen-bond acceptors (Lipinski definition) is 2. The van der Waals surface area contributed by atoms with Gasteiger partial charge in [-0.1, -0.05) is 38.5 Å². The zero-order valence-corrected chi connectivity index (χ0v) is 11.5. The molecule has 0 fully saturated rings. The lowest BCUT2D eigenvalue weighted by atomic mass is 10.0. The first kappa shape index (κ1) is 13.6. The summed E-state index contributed by atoms with van der Waals surface area (Å²) in [7, 11) is 0. The Hall–Kier alpha value is -1.84. The zero-order chi connectivity index (χ0) is 13.8. The topological polar surface area (TPSA) is 49.4 Å². The molecule has 1 unspecified atom stereocenters. The van der Waals surface area contributed by atoms with E-state index in [2.05, 4.69) is 12.2 Å². The molecule has 4 heteroatoms. The fourth-order valence-corrected chi connectivity index (χ4v) is 2.43. The van der Waals surface area contributed by atoms with Crippen molar-refractivity contribution in [3.8, 4) is 0 Å². The Bertz CT molecular complexity index is 485. The van der Waals surface area contributed by atoms with Gasteiger partial charge in [0.2, 0.25) is 11.8 Å². The molecule has 0 bridgehead atoms. The van der Waals surface area contributed by atoms with E-state index < -0.39 is 0 Å². The average Bonchev–Trinajstić information content (AvgIpc) is 2.55. The van der Waals surface area contributed by atoms with Crippen LogP contribution >= 0.6 is 0 Å². The van der Waals surface area contributed by atoms with E-state index in [-0.39, 0.29) is 24.3 Å². The molecule has 19 heavy (non-hydrogen) atoms. The minimum absolute atomic E-state index is 0.0249. The summed E-state index contributed by atoms with van der Waals surface area (Å²) in [5.74, 6) is -0.0845. The van der Waals surface area contributed by atoms with Crippen molar-refractivity contribution in [2.24, 2.45) is 5.92 Å². The Morgan fingerprint density at radius 2 is 2.11 bits per heavy atom. The molecule has 102 valence electrons. The molecule has 1 aromatic carbocycles. The third kappa shape index (κ3) is 3.13. The lowest BCUT2D eigenvalue weighted by Gasteiger charge is -2.23. The fraction of sp³-hybridized carbons (Fsp3) is 0.467. The van der Waals surface area contributed by atoms with Crippen LogP contribution in [0.4, 0.5) is 5.69 Å². The van der Waals surface area contributed by atoms with E-state index in [4.69, 9.17) is 0 Å². The van der Waals surface area contributed by atoms with Crippen LogP contribution in [0, 0.1) is 5.92 Å². The predicted octanol–water partition coefficient (Wildman–Crippen LogP) is 2.40. The molecule has 1 heterocycles. The van der Waals surface area contributed by atoms with Crippen molar-refractivity contribution in [1.29, 1.82) is 0 Å². The Morgan fingerprint density at radius 1 is 1.37 bits per heavy atom. The van der Waals surface area contributed by atoms with Gasteiger partial charge < -0.3 is 10.2 Å². The summed E-state index contributed by atoms with van der Waals surface area (Å²) in [6.07, 6.45) is 1.84. The fourth-order valence-electron chi connectivity index (χ4n) is 2.43. The maximum atomic E-state index is 12.3. The summed E-state index contributed by atoms with van der Waals surface area (Å²) in [5.41, 5.74) is 1.80. The van der Waals surface area contributed by atoms with Crippen molar-refractivity contribution in [3.63, 3.8) is 0 Å². The van der Waals surface area contributed by atoms with Crippen molar-refractivity contribution in [2.45, 2.75) is 33.2 Å². The molecule has 0 saturated heterocycles. The third-order valence-electron chi connectivity index (χ3n) is 3.44. The Labute approximate surface area is 113 Å². The number of nitrogens with zero attached hydrogens (tertiary/aromatic N) is 1. The highest BCUT2D eigenvalue weighted by Crippen LogP contribution is 2.22. The second kappa shape index (κ2) is 5.87. The molecule has 0 saturated carbocycles. The maximum Gasteiger partial charge on any atom is 0.244 e. The highest BCUT2D eigenvalue weighted by Gasteiger charge is 2.25. The highest BCUT2D eigenvalue weighted by molar-refractivity contribution is 5.96. The number of fused-ring (bicyclic) bond motifs is 1. The number of para-hydroxylation sites is 1. The summed E-state index contributed by atoms with van der Waals surface area (Å²) >= 11 is 0. The second-order valence-electron chi connectivity index (χ2n) is 5.09. The molecule has 0 spiro atoms. The standard InChI is InChI=1S/C15H20N2O2/c1-3-6-11(2)15(19)17-9-12-7-4-5-8-13(12)16-14(18)10-17/h4-5,7-8,11H,3,6,9-10H2,1-2H3,(H,16,18). The van der Waals surface area contributed by atoms with Gasteiger partial charge in [0.05, 0.1) is 0 Å². The second-order valence-corrected chi connectivity index (χ2v) is 5.09. The summed E-state index contributed by atoms with van der Waals surface area (Å²) in [6.45, 7) is 4.64. The molecular formula is C15H20N2O2. The third-order valence-corrected chi connectivity index (χ3v) is 3.44. The van der Waals surface area contributed by atoms with E-state index >= 15 is 0 Å². The van der Waals surface area contributed by atoms with Gasteiger partial charge in [0, 0.05) is 18.2 Å². The first-order chi connectivity index (χ1) is 9.11. The lowest BCUT2D eigenvalue weighted by Crippen LogP contribution is -2.38. The Morgan fingerprint density at radius 3 is 2.84 bits per heavy atom. The van der Waals surface area contributed by atoms with E-state index in [1.807, 2.05) is 31.2 Å². The van der Waals surface area contributed by atoms with Gasteiger partial charge in [-0.15, -0.1) is 0 Å².